The predicted molar refractivity (Wildman–Crippen MR) is 282 cm³/mol. The Morgan fingerprint density at radius 2 is 1.15 bits per heavy atom. The second kappa shape index (κ2) is 24.1. The first-order valence-electron chi connectivity index (χ1n) is 26.6. The molecule has 0 unspecified atom stereocenters. The molecule has 456 valence electrons. The molecule has 10 rings (SSSR count). The van der Waals surface area contributed by atoms with Gasteiger partial charge in [-0.3, -0.25) is 33.6 Å². The fourth-order valence-electron chi connectivity index (χ4n) is 13.1. The number of Topliss-reactive ketones (excluding diaryl/α,β-unsaturated/α-hetero) is 1. The summed E-state index contributed by atoms with van der Waals surface area (Å²) in [5, 5.41) is 45.0. The van der Waals surface area contributed by atoms with Gasteiger partial charge in [0.2, 0.25) is 12.2 Å². The van der Waals surface area contributed by atoms with Gasteiger partial charge in [-0.15, -0.1) is 12.4 Å². The van der Waals surface area contributed by atoms with Crippen molar-refractivity contribution in [3.05, 3.63) is 81.3 Å². The number of benzene rings is 2. The van der Waals surface area contributed by atoms with E-state index in [0.29, 0.717) is 67.7 Å². The number of nitrogens with zero attached hydrogens (tertiary/aromatic N) is 2. The summed E-state index contributed by atoms with van der Waals surface area (Å²) in [6.07, 6.45) is -5.50. The lowest BCUT2D eigenvalue weighted by atomic mass is 9.50. The molecule has 0 radical (unpaired) electrons. The van der Waals surface area contributed by atoms with E-state index in [1.54, 1.807) is 24.3 Å². The van der Waals surface area contributed by atoms with Crippen molar-refractivity contribution < 1.29 is 110 Å². The minimum atomic E-state index is -4.64. The number of nitrogens with one attached hydrogen (secondary N) is 1. The van der Waals surface area contributed by atoms with Gasteiger partial charge in [-0.1, -0.05) is 12.1 Å². The number of esters is 4. The highest BCUT2D eigenvalue weighted by Crippen LogP contribution is 2.66. The standard InChI is InChI=1S/C28H32N2O11.C26H30N2O8.C2HF3O.ClH/c1-13(32)24(34)29-17(25(35)36)11-20(33)39-14(2)26(37)40-18-6-7-28(38)19-10-15-4-5-16(12-31)22-21(15)27(28,23(18)41-22)8-9-30(19)3;1-13(30)17(27)11-20(31)34-14(2)24(32)35-18-6-7-26(33)19-10-15-4-5-16(12-29)22-21(15)25(26,23(18)36-22)8-9-28(19)3;3-2(4,5)1-6;/h4-6,12-14,17,19,23,32,38H,7-11H2,1-3H3,(H,29,34)(H,35,36);4-6,12,14,17,19,23,33H,7-11,27H2,1-3H3;1H;1H/t13-,14-,17-,19+,23-,27-,28+;14-,17-,19+,23-,25-,26+;;/m00../s1. The van der Waals surface area contributed by atoms with Gasteiger partial charge < -0.3 is 69.7 Å². The van der Waals surface area contributed by atoms with Crippen LogP contribution in [0.2, 0.25) is 0 Å². The number of carbonyl (C=O) groups excluding carboxylic acids is 9. The van der Waals surface area contributed by atoms with Crippen LogP contribution in [-0.4, -0.2) is 190 Å². The number of halogens is 4. The summed E-state index contributed by atoms with van der Waals surface area (Å²) >= 11 is 0. The molecule has 2 saturated heterocycles. The first kappa shape index (κ1) is 64.4. The molecule has 0 aromatic heterocycles. The zero-order valence-electron chi connectivity index (χ0n) is 46.3. The monoisotopic (exact) mass is 1200 g/mol. The van der Waals surface area contributed by atoms with Crippen molar-refractivity contribution in [2.24, 2.45) is 5.73 Å². The molecule has 1 amide bonds. The number of rotatable bonds is 16. The molecule has 28 heteroatoms. The predicted octanol–water partition coefficient (Wildman–Crippen LogP) is 1.32. The van der Waals surface area contributed by atoms with Crippen molar-refractivity contribution in [2.75, 3.05) is 27.2 Å². The zero-order chi connectivity index (χ0) is 61.1. The summed E-state index contributed by atoms with van der Waals surface area (Å²) in [6, 6.07) is 4.11. The normalized spacial score (nSPS) is 28.6. The van der Waals surface area contributed by atoms with Crippen LogP contribution in [0.3, 0.4) is 0 Å². The second-order valence-electron chi connectivity index (χ2n) is 22.0. The summed E-state index contributed by atoms with van der Waals surface area (Å²) in [4.78, 5) is 122. The van der Waals surface area contributed by atoms with Crippen LogP contribution in [0.15, 0.2) is 47.9 Å². The summed E-state index contributed by atoms with van der Waals surface area (Å²) in [7, 11) is 3.94. The summed E-state index contributed by atoms with van der Waals surface area (Å²) in [6.45, 7) is 6.37. The number of piperidine rings is 2. The molecule has 2 aromatic carbocycles. The molecule has 4 bridgehead atoms. The Morgan fingerprint density at radius 1 is 0.750 bits per heavy atom. The van der Waals surface area contributed by atoms with Crippen molar-refractivity contribution in [3.8, 4) is 11.5 Å². The van der Waals surface area contributed by atoms with Gasteiger partial charge in [0.05, 0.1) is 52.0 Å². The van der Waals surface area contributed by atoms with Crippen LogP contribution in [0.5, 0.6) is 11.5 Å². The maximum atomic E-state index is 13.0. The molecule has 7 N–H and O–H groups in total. The molecule has 4 aliphatic heterocycles. The Morgan fingerprint density at radius 3 is 1.51 bits per heavy atom. The van der Waals surface area contributed by atoms with E-state index in [2.05, 4.69) is 9.80 Å². The van der Waals surface area contributed by atoms with E-state index in [-0.39, 0.29) is 61.1 Å². The van der Waals surface area contributed by atoms with Gasteiger partial charge in [0.25, 0.3) is 0 Å². The number of aliphatic hydroxyl groups excluding tert-OH is 1. The number of aldehydes is 3. The van der Waals surface area contributed by atoms with Crippen LogP contribution in [0.25, 0.3) is 0 Å². The quantitative estimate of drug-likeness (QED) is 0.0784. The number of carboxylic acids is 1. The molecule has 4 heterocycles. The molecule has 2 spiro atoms. The number of aliphatic carboxylic acids is 1. The van der Waals surface area contributed by atoms with E-state index in [0.717, 1.165) is 35.5 Å². The molecule has 24 nitrogen and oxygen atoms in total. The largest absolute Gasteiger partial charge is 0.480 e. The highest BCUT2D eigenvalue weighted by molar-refractivity contribution is 5.90. The zero-order valence-corrected chi connectivity index (χ0v) is 47.1. The molecule has 4 aliphatic carbocycles. The van der Waals surface area contributed by atoms with E-state index in [9.17, 15) is 76.7 Å². The van der Waals surface area contributed by atoms with Gasteiger partial charge in [0, 0.05) is 36.1 Å². The minimum Gasteiger partial charge on any atom is -0.480 e. The van der Waals surface area contributed by atoms with Gasteiger partial charge >= 0.3 is 36.0 Å². The van der Waals surface area contributed by atoms with E-state index in [1.165, 1.54) is 20.8 Å². The van der Waals surface area contributed by atoms with Crippen molar-refractivity contribution >= 4 is 72.8 Å². The average Bonchev–Trinajstić information content (AvgIpc) is 1.40. The number of ether oxygens (including phenoxy) is 6. The lowest BCUT2D eigenvalue weighted by Gasteiger charge is -2.61. The number of hydrogen-bond acceptors (Lipinski definition) is 22. The van der Waals surface area contributed by atoms with Crippen LogP contribution in [0.4, 0.5) is 13.2 Å². The number of carboxylic acid groups (broad SMARTS) is 1. The Kier molecular flexibility index (Phi) is 18.5. The molecule has 2 fully saturated rings. The molecule has 2 aromatic rings. The number of carbonyl (C=O) groups is 10. The number of nitrogens with two attached hydrogens (primary N) is 1. The molecule has 84 heavy (non-hydrogen) atoms. The lowest BCUT2D eigenvalue weighted by molar-refractivity contribution is -0.175. The van der Waals surface area contributed by atoms with Crippen molar-refractivity contribution in [2.45, 2.75) is 162 Å². The van der Waals surface area contributed by atoms with E-state index in [1.807, 2.05) is 31.5 Å². The van der Waals surface area contributed by atoms with Crippen molar-refractivity contribution in [3.63, 3.8) is 0 Å². The minimum absolute atomic E-state index is 0. The van der Waals surface area contributed by atoms with Crippen molar-refractivity contribution in [1.82, 2.24) is 15.1 Å². The molecular formula is C56H64ClF3N4O20. The third kappa shape index (κ3) is 11.1. The fourth-order valence-corrected chi connectivity index (χ4v) is 13.1. The van der Waals surface area contributed by atoms with Gasteiger partial charge in [-0.05, 0) is 116 Å². The van der Waals surface area contributed by atoms with E-state index in [4.69, 9.17) is 38.9 Å². The van der Waals surface area contributed by atoms with Crippen LogP contribution < -0.4 is 20.5 Å². The van der Waals surface area contributed by atoms with Gasteiger partial charge in [-0.2, -0.15) is 13.2 Å². The third-order valence-corrected chi connectivity index (χ3v) is 17.2. The first-order chi connectivity index (χ1) is 38.9. The highest BCUT2D eigenvalue weighted by atomic mass is 35.5. The molecular weight excluding hydrogens is 1140 g/mol. The number of ketones is 1. The van der Waals surface area contributed by atoms with Crippen LogP contribution in [-0.2, 0) is 81.0 Å². The van der Waals surface area contributed by atoms with E-state index < -0.39 is 119 Å². The van der Waals surface area contributed by atoms with Crippen LogP contribution >= 0.6 is 12.4 Å². The Labute approximate surface area is 484 Å². The summed E-state index contributed by atoms with van der Waals surface area (Å²) < 4.78 is 65.5. The Balaban J connectivity index is 0.000000219. The second-order valence-corrected chi connectivity index (χ2v) is 22.0. The number of aliphatic hydroxyl groups is 3. The molecule has 8 aliphatic rings. The van der Waals surface area contributed by atoms with Crippen LogP contribution in [0.1, 0.15) is 109 Å². The first-order valence-corrected chi connectivity index (χ1v) is 26.6. The third-order valence-electron chi connectivity index (χ3n) is 17.2. The topological polar surface area (TPSA) is 352 Å². The highest BCUT2D eigenvalue weighted by Gasteiger charge is 2.73. The number of amides is 1. The van der Waals surface area contributed by atoms with Crippen molar-refractivity contribution in [1.29, 1.82) is 0 Å². The Hall–Kier alpha value is -7.14. The average molecular weight is 1210 g/mol. The fraction of sp³-hybridized carbons (Fsp3) is 0.536. The number of likely N-dealkylation sites (tertiary alicyclic amines) is 2. The smallest absolute Gasteiger partial charge is 0.446 e. The Bertz CT molecular complexity index is 3120. The maximum absolute atomic E-state index is 13.0. The summed E-state index contributed by atoms with van der Waals surface area (Å²) in [5.74, 6) is -5.39. The van der Waals surface area contributed by atoms with Crippen LogP contribution in [0, 0.1) is 0 Å². The van der Waals surface area contributed by atoms with E-state index >= 15 is 0 Å². The number of hydrogen-bond donors (Lipinski definition) is 6. The molecule has 0 saturated carbocycles. The SMILES string of the molecule is CC(=O)[C@@H](N)CC(=O)O[C@@H](C)C(=O)OC1=CC[C@@]2(O)[C@H]3Cc4ccc(C=O)c5c4[C@@]2(CCN3C)[C@H]1O5.C[C@H](O)C(=O)N[C@@H](CC(=O)O[C@@H](C)C(=O)OC1=CC[C@@]2(O)[C@H]3Cc4ccc(C=O)c5c4[C@@]2(CCN3C)[C@H]1O5)C(=O)O.Cl.O=CC(F)(F)F. The maximum Gasteiger partial charge on any atom is 0.446 e. The molecule has 13 atom stereocenters. The van der Waals surface area contributed by atoms with Gasteiger partial charge in [-0.25, -0.2) is 14.4 Å². The van der Waals surface area contributed by atoms with Gasteiger partial charge in [0.1, 0.15) is 40.9 Å². The number of alkyl halides is 3. The number of likely N-dealkylation sites (N-methyl/N-ethyl adjacent to an activating group) is 2. The summed E-state index contributed by atoms with van der Waals surface area (Å²) in [5.41, 5.74) is 5.58. The lowest BCUT2D eigenvalue weighted by Crippen LogP contribution is -2.74. The van der Waals surface area contributed by atoms with Gasteiger partial charge in [0.15, 0.2) is 37.0 Å².